The van der Waals surface area contributed by atoms with Crippen LogP contribution < -0.4 is 0 Å². The highest BCUT2D eigenvalue weighted by atomic mass is 32.2. The van der Waals surface area contributed by atoms with Gasteiger partial charge in [0.15, 0.2) is 9.84 Å². The van der Waals surface area contributed by atoms with Gasteiger partial charge in [-0.05, 0) is 29.1 Å². The number of sulfone groups is 1. The first-order chi connectivity index (χ1) is 6.59. The van der Waals surface area contributed by atoms with Crippen LogP contribution in [0.1, 0.15) is 0 Å². The Morgan fingerprint density at radius 3 is 2.79 bits per heavy atom. The normalized spacial score (nSPS) is 23.6. The summed E-state index contributed by atoms with van der Waals surface area (Å²) in [5.74, 6) is 0.335. The molecule has 0 spiro atoms. The molecule has 1 atom stereocenters. The fourth-order valence-corrected chi connectivity index (χ4v) is 4.61. The van der Waals surface area contributed by atoms with Gasteiger partial charge in [0.05, 0.1) is 11.0 Å². The van der Waals surface area contributed by atoms with E-state index in [1.165, 1.54) is 5.41 Å². The highest BCUT2D eigenvalue weighted by Crippen LogP contribution is 2.29. The van der Waals surface area contributed by atoms with E-state index in [-0.39, 0.29) is 11.0 Å². The van der Waals surface area contributed by atoms with Crippen LogP contribution in [0.5, 0.6) is 0 Å². The summed E-state index contributed by atoms with van der Waals surface area (Å²) in [5.41, 5.74) is 0.656. The smallest absolute Gasteiger partial charge is 0.173 e. The van der Waals surface area contributed by atoms with E-state index >= 15 is 0 Å². The van der Waals surface area contributed by atoms with Crippen molar-refractivity contribution in [3.63, 3.8) is 0 Å². The summed E-state index contributed by atoms with van der Waals surface area (Å²) in [7, 11) is -3.15. The molecule has 7 heteroatoms. The second-order valence-corrected chi connectivity index (χ2v) is 6.24. The molecule has 1 rings (SSSR count). The topological polar surface area (TPSA) is 81.7 Å². The molecular weight excluding hydrogens is 240 g/mol. The summed E-state index contributed by atoms with van der Waals surface area (Å²) < 4.78 is 22.4. The van der Waals surface area contributed by atoms with E-state index in [1.807, 2.05) is 10.8 Å². The van der Waals surface area contributed by atoms with E-state index in [4.69, 9.17) is 10.5 Å². The van der Waals surface area contributed by atoms with Gasteiger partial charge in [-0.2, -0.15) is 10.5 Å². The molecule has 14 heavy (non-hydrogen) atoms. The van der Waals surface area contributed by atoms with Gasteiger partial charge in [0.1, 0.15) is 10.8 Å². The lowest BCUT2D eigenvalue weighted by molar-refractivity contribution is 0.606. The minimum absolute atomic E-state index is 0.0213. The molecule has 1 aliphatic heterocycles. The SMILES string of the molecule is N#CSCC1=CS(=O)(=O)C[C@@H]1SC#N. The molecule has 0 aromatic carbocycles. The van der Waals surface area contributed by atoms with Crippen LogP contribution in [0.25, 0.3) is 0 Å². The molecule has 1 aliphatic rings. The van der Waals surface area contributed by atoms with Crippen LogP contribution in [0.15, 0.2) is 11.0 Å². The molecule has 0 radical (unpaired) electrons. The van der Waals surface area contributed by atoms with Crippen LogP contribution in [-0.4, -0.2) is 25.2 Å². The lowest BCUT2D eigenvalue weighted by Gasteiger charge is -2.05. The van der Waals surface area contributed by atoms with E-state index in [0.717, 1.165) is 23.5 Å². The van der Waals surface area contributed by atoms with Gasteiger partial charge in [0, 0.05) is 11.2 Å². The zero-order valence-corrected chi connectivity index (χ0v) is 9.45. The summed E-state index contributed by atoms with van der Waals surface area (Å²) in [6.45, 7) is 0. The van der Waals surface area contributed by atoms with Crippen LogP contribution >= 0.6 is 23.5 Å². The number of thiocyanates is 2. The van der Waals surface area contributed by atoms with Crippen molar-refractivity contribution in [1.29, 1.82) is 10.5 Å². The molecule has 0 fully saturated rings. The van der Waals surface area contributed by atoms with Crippen molar-refractivity contribution < 1.29 is 8.42 Å². The molecule has 0 aliphatic carbocycles. The molecule has 74 valence electrons. The Bertz CT molecular complexity index is 427. The second kappa shape index (κ2) is 4.74. The molecule has 0 aromatic rings. The molecule has 0 saturated heterocycles. The van der Waals surface area contributed by atoms with E-state index in [1.54, 1.807) is 0 Å². The van der Waals surface area contributed by atoms with E-state index in [9.17, 15) is 8.42 Å². The molecule has 0 aromatic heterocycles. The van der Waals surface area contributed by atoms with Crippen molar-refractivity contribution in [3.05, 3.63) is 11.0 Å². The first kappa shape index (κ1) is 11.4. The Morgan fingerprint density at radius 2 is 2.21 bits per heavy atom. The van der Waals surface area contributed by atoms with Crippen LogP contribution in [0, 0.1) is 21.3 Å². The Labute approximate surface area is 90.9 Å². The molecule has 4 nitrogen and oxygen atoms in total. The molecule has 1 heterocycles. The van der Waals surface area contributed by atoms with Crippen molar-refractivity contribution in [2.75, 3.05) is 11.5 Å². The second-order valence-electron chi connectivity index (χ2n) is 2.60. The fourth-order valence-electron chi connectivity index (χ4n) is 1.09. The quantitative estimate of drug-likeness (QED) is 0.693. The van der Waals surface area contributed by atoms with Gasteiger partial charge in [0.25, 0.3) is 0 Å². The Balaban J connectivity index is 2.78. The number of hydrogen-bond acceptors (Lipinski definition) is 6. The summed E-state index contributed by atoms with van der Waals surface area (Å²) in [5, 5.41) is 21.4. The van der Waals surface area contributed by atoms with Crippen molar-refractivity contribution >= 4 is 33.4 Å². The van der Waals surface area contributed by atoms with Crippen molar-refractivity contribution in [1.82, 2.24) is 0 Å². The summed E-state index contributed by atoms with van der Waals surface area (Å²) in [6.07, 6.45) is 0. The highest BCUT2D eigenvalue weighted by molar-refractivity contribution is 8.06. The average Bonchev–Trinajstić information content (AvgIpc) is 2.38. The minimum atomic E-state index is -3.15. The number of thioether (sulfide) groups is 2. The number of rotatable bonds is 3. The Hall–Kier alpha value is -0.630. The lowest BCUT2D eigenvalue weighted by atomic mass is 10.3. The van der Waals surface area contributed by atoms with Gasteiger partial charge < -0.3 is 0 Å². The first-order valence-corrected chi connectivity index (χ1v) is 7.16. The monoisotopic (exact) mass is 246 g/mol. The minimum Gasteiger partial charge on any atom is -0.224 e. The maximum Gasteiger partial charge on any atom is 0.173 e. The average molecular weight is 246 g/mol. The standard InChI is InChI=1S/C7H6N2O2S3/c8-4-12-1-6-2-14(10,11)3-7(6)13-5-9/h2,7H,1,3H2/t7-/m0/s1. The molecule has 0 amide bonds. The molecule has 0 bridgehead atoms. The van der Waals surface area contributed by atoms with Gasteiger partial charge in [0.2, 0.25) is 0 Å². The van der Waals surface area contributed by atoms with Crippen molar-refractivity contribution in [3.8, 4) is 10.8 Å². The van der Waals surface area contributed by atoms with Gasteiger partial charge in [-0.1, -0.05) is 0 Å². The van der Waals surface area contributed by atoms with E-state index in [0.29, 0.717) is 11.3 Å². The third-order valence-electron chi connectivity index (χ3n) is 1.63. The Kier molecular flexibility index (Phi) is 3.87. The van der Waals surface area contributed by atoms with Gasteiger partial charge >= 0.3 is 0 Å². The predicted octanol–water partition coefficient (Wildman–Crippen LogP) is 1.10. The maximum atomic E-state index is 11.2. The third-order valence-corrected chi connectivity index (χ3v) is 4.76. The Morgan fingerprint density at radius 1 is 1.50 bits per heavy atom. The molecule has 0 unspecified atom stereocenters. The zero-order chi connectivity index (χ0) is 10.6. The first-order valence-electron chi connectivity index (χ1n) is 3.58. The van der Waals surface area contributed by atoms with Gasteiger partial charge in [-0.3, -0.25) is 0 Å². The number of hydrogen-bond donors (Lipinski definition) is 0. The predicted molar refractivity (Wildman–Crippen MR) is 56.9 cm³/mol. The largest absolute Gasteiger partial charge is 0.224 e. The third kappa shape index (κ3) is 2.95. The van der Waals surface area contributed by atoms with Crippen LogP contribution in [0.4, 0.5) is 0 Å². The van der Waals surface area contributed by atoms with Crippen LogP contribution in [-0.2, 0) is 9.84 Å². The lowest BCUT2D eigenvalue weighted by Crippen LogP contribution is -2.10. The maximum absolute atomic E-state index is 11.2. The summed E-state index contributed by atoms with van der Waals surface area (Å²) in [4.78, 5) is 0. The van der Waals surface area contributed by atoms with Crippen LogP contribution in [0.2, 0.25) is 0 Å². The summed E-state index contributed by atoms with van der Waals surface area (Å²) in [6, 6.07) is 0. The number of nitrogens with zero attached hydrogens (tertiary/aromatic N) is 2. The molecule has 0 N–H and O–H groups in total. The van der Waals surface area contributed by atoms with E-state index in [2.05, 4.69) is 0 Å². The zero-order valence-electron chi connectivity index (χ0n) is 7.00. The number of nitriles is 2. The fraction of sp³-hybridized carbons (Fsp3) is 0.429. The molecular formula is C7H6N2O2S3. The van der Waals surface area contributed by atoms with Crippen LogP contribution in [0.3, 0.4) is 0 Å². The van der Waals surface area contributed by atoms with Gasteiger partial charge in [-0.15, -0.1) is 0 Å². The highest BCUT2D eigenvalue weighted by Gasteiger charge is 2.29. The van der Waals surface area contributed by atoms with Crippen molar-refractivity contribution in [2.24, 2.45) is 0 Å². The summed E-state index contributed by atoms with van der Waals surface area (Å²) >= 11 is 1.92. The van der Waals surface area contributed by atoms with Crippen molar-refractivity contribution in [2.45, 2.75) is 5.25 Å². The molecule has 0 saturated carbocycles. The van der Waals surface area contributed by atoms with Gasteiger partial charge in [-0.25, -0.2) is 8.42 Å². The van der Waals surface area contributed by atoms with E-state index < -0.39 is 9.84 Å².